The third-order valence-corrected chi connectivity index (χ3v) is 5.82. The Hall–Kier alpha value is -2.21. The molecule has 1 N–H and O–H groups in total. The highest BCUT2D eigenvalue weighted by atomic mass is 32.1. The van der Waals surface area contributed by atoms with E-state index in [9.17, 15) is 9.59 Å². The lowest BCUT2D eigenvalue weighted by atomic mass is 9.98. The van der Waals surface area contributed by atoms with E-state index in [-0.39, 0.29) is 17.2 Å². The van der Waals surface area contributed by atoms with Gasteiger partial charge in [0.15, 0.2) is 0 Å². The summed E-state index contributed by atoms with van der Waals surface area (Å²) in [6.45, 7) is 12.4. The molecule has 1 heterocycles. The summed E-state index contributed by atoms with van der Waals surface area (Å²) in [6, 6.07) is 8.72. The van der Waals surface area contributed by atoms with E-state index < -0.39 is 6.04 Å². The maximum absolute atomic E-state index is 13.2. The molecule has 1 aromatic heterocycles. The first-order valence-electron chi connectivity index (χ1n) is 9.30. The molecule has 1 unspecified atom stereocenters. The van der Waals surface area contributed by atoms with Crippen LogP contribution in [0.25, 0.3) is 0 Å². The molecule has 0 aliphatic carbocycles. The van der Waals surface area contributed by atoms with Crippen LogP contribution in [0.4, 0.5) is 5.69 Å². The second-order valence-corrected chi connectivity index (χ2v) is 8.71. The third-order valence-electron chi connectivity index (χ3n) is 4.25. The van der Waals surface area contributed by atoms with E-state index in [0.717, 1.165) is 22.8 Å². The van der Waals surface area contributed by atoms with Gasteiger partial charge < -0.3 is 10.2 Å². The van der Waals surface area contributed by atoms with Crippen molar-refractivity contribution in [1.29, 1.82) is 0 Å². The Morgan fingerprint density at radius 1 is 1.22 bits per heavy atom. The predicted octanol–water partition coefficient (Wildman–Crippen LogP) is 4.63. The number of anilines is 1. The van der Waals surface area contributed by atoms with Gasteiger partial charge in [-0.05, 0) is 32.4 Å². The van der Waals surface area contributed by atoms with Crippen molar-refractivity contribution in [2.24, 2.45) is 0 Å². The minimum atomic E-state index is -0.572. The van der Waals surface area contributed by atoms with E-state index in [0.29, 0.717) is 11.4 Å². The van der Waals surface area contributed by atoms with Crippen LogP contribution in [-0.4, -0.2) is 34.3 Å². The lowest BCUT2D eigenvalue weighted by Crippen LogP contribution is -2.46. The Kier molecular flexibility index (Phi) is 6.76. The van der Waals surface area contributed by atoms with E-state index in [1.807, 2.05) is 44.2 Å². The highest BCUT2D eigenvalue weighted by Crippen LogP contribution is 2.30. The van der Waals surface area contributed by atoms with Crippen molar-refractivity contribution < 1.29 is 9.59 Å². The summed E-state index contributed by atoms with van der Waals surface area (Å²) in [5, 5.41) is 3.82. The fraction of sp³-hybridized carbons (Fsp3) is 0.476. The number of amides is 2. The molecule has 2 aromatic rings. The quantitative estimate of drug-likeness (QED) is 0.786. The number of aromatic nitrogens is 1. The van der Waals surface area contributed by atoms with E-state index >= 15 is 0 Å². The van der Waals surface area contributed by atoms with E-state index in [4.69, 9.17) is 0 Å². The first kappa shape index (κ1) is 21.1. The number of nitrogens with zero attached hydrogens (tertiary/aromatic N) is 2. The standard InChI is InChI=1S/C21H29N3O2S/c1-7-13-24(15(3)18(25)23-16-11-9-8-10-12-16)19(26)17-14(2)22-20(27-17)21(4,5)6/h8-12,15H,7,13H2,1-6H3,(H,23,25). The first-order chi connectivity index (χ1) is 12.6. The van der Waals surface area contributed by atoms with Crippen LogP contribution < -0.4 is 5.32 Å². The van der Waals surface area contributed by atoms with Crippen molar-refractivity contribution in [2.75, 3.05) is 11.9 Å². The van der Waals surface area contributed by atoms with Gasteiger partial charge in [0.2, 0.25) is 5.91 Å². The summed E-state index contributed by atoms with van der Waals surface area (Å²) in [4.78, 5) is 32.8. The van der Waals surface area contributed by atoms with Gasteiger partial charge in [-0.2, -0.15) is 0 Å². The van der Waals surface area contributed by atoms with Crippen LogP contribution in [0.3, 0.4) is 0 Å². The Labute approximate surface area is 165 Å². The Morgan fingerprint density at radius 3 is 2.37 bits per heavy atom. The van der Waals surface area contributed by atoms with Crippen LogP contribution in [0.15, 0.2) is 30.3 Å². The number of thiazole rings is 1. The lowest BCUT2D eigenvalue weighted by molar-refractivity contribution is -0.120. The minimum Gasteiger partial charge on any atom is -0.326 e. The van der Waals surface area contributed by atoms with Gasteiger partial charge in [-0.25, -0.2) is 4.98 Å². The third kappa shape index (κ3) is 5.16. The highest BCUT2D eigenvalue weighted by molar-refractivity contribution is 7.14. The Morgan fingerprint density at radius 2 is 1.85 bits per heavy atom. The number of carbonyl (C=O) groups excluding carboxylic acids is 2. The van der Waals surface area contributed by atoms with Gasteiger partial charge >= 0.3 is 0 Å². The molecule has 1 atom stereocenters. The fourth-order valence-electron chi connectivity index (χ4n) is 2.67. The number of aryl methyl sites for hydroxylation is 1. The van der Waals surface area contributed by atoms with Gasteiger partial charge in [0.25, 0.3) is 5.91 Å². The van der Waals surface area contributed by atoms with Crippen LogP contribution in [0.2, 0.25) is 0 Å². The molecule has 0 bridgehead atoms. The molecule has 0 spiro atoms. The van der Waals surface area contributed by atoms with Crippen molar-refractivity contribution >= 4 is 28.8 Å². The zero-order chi connectivity index (χ0) is 20.2. The number of benzene rings is 1. The van der Waals surface area contributed by atoms with Gasteiger partial charge in [-0.1, -0.05) is 45.9 Å². The lowest BCUT2D eigenvalue weighted by Gasteiger charge is -2.28. The van der Waals surface area contributed by atoms with Crippen LogP contribution in [0.1, 0.15) is 61.4 Å². The normalized spacial score (nSPS) is 12.5. The van der Waals surface area contributed by atoms with Crippen molar-refractivity contribution in [3.8, 4) is 0 Å². The topological polar surface area (TPSA) is 62.3 Å². The predicted molar refractivity (Wildman–Crippen MR) is 111 cm³/mol. The molecule has 0 aliphatic heterocycles. The molecule has 27 heavy (non-hydrogen) atoms. The Bertz CT molecular complexity index is 794. The molecule has 0 saturated carbocycles. The van der Waals surface area contributed by atoms with Gasteiger partial charge in [0, 0.05) is 17.6 Å². The van der Waals surface area contributed by atoms with Crippen LogP contribution in [-0.2, 0) is 10.2 Å². The number of hydrogen-bond acceptors (Lipinski definition) is 4. The molecule has 2 rings (SSSR count). The monoisotopic (exact) mass is 387 g/mol. The molecule has 0 fully saturated rings. The van der Waals surface area contributed by atoms with Crippen LogP contribution in [0, 0.1) is 6.92 Å². The van der Waals surface area contributed by atoms with Gasteiger partial charge in [0.05, 0.1) is 10.7 Å². The second-order valence-electron chi connectivity index (χ2n) is 7.71. The maximum atomic E-state index is 13.2. The maximum Gasteiger partial charge on any atom is 0.266 e. The van der Waals surface area contributed by atoms with Crippen molar-refractivity contribution in [1.82, 2.24) is 9.88 Å². The molecular weight excluding hydrogens is 358 g/mol. The zero-order valence-electron chi connectivity index (χ0n) is 17.0. The van der Waals surface area contributed by atoms with Crippen molar-refractivity contribution in [3.05, 3.63) is 45.9 Å². The van der Waals surface area contributed by atoms with Crippen molar-refractivity contribution in [2.45, 2.75) is 59.4 Å². The zero-order valence-corrected chi connectivity index (χ0v) is 17.8. The SMILES string of the molecule is CCCN(C(=O)c1sc(C(C)(C)C)nc1C)C(C)C(=O)Nc1ccccc1. The summed E-state index contributed by atoms with van der Waals surface area (Å²) in [5.41, 5.74) is 1.34. The van der Waals surface area contributed by atoms with Gasteiger partial charge in [0.1, 0.15) is 10.9 Å². The summed E-state index contributed by atoms with van der Waals surface area (Å²) in [6.07, 6.45) is 0.776. The number of nitrogens with one attached hydrogen (secondary N) is 1. The average molecular weight is 388 g/mol. The molecule has 2 amide bonds. The number of rotatable bonds is 6. The number of carbonyl (C=O) groups is 2. The highest BCUT2D eigenvalue weighted by Gasteiger charge is 2.30. The fourth-order valence-corrected chi connectivity index (χ4v) is 3.75. The summed E-state index contributed by atoms with van der Waals surface area (Å²) in [7, 11) is 0. The molecule has 0 radical (unpaired) electrons. The minimum absolute atomic E-state index is 0.111. The number of para-hydroxylation sites is 1. The first-order valence-corrected chi connectivity index (χ1v) is 10.1. The van der Waals surface area contributed by atoms with E-state index in [1.54, 1.807) is 11.8 Å². The second kappa shape index (κ2) is 8.65. The summed E-state index contributed by atoms with van der Waals surface area (Å²) >= 11 is 1.43. The van der Waals surface area contributed by atoms with E-state index in [1.165, 1.54) is 11.3 Å². The van der Waals surface area contributed by atoms with E-state index in [2.05, 4.69) is 31.1 Å². The average Bonchev–Trinajstić information content (AvgIpc) is 3.01. The van der Waals surface area contributed by atoms with Gasteiger partial charge in [-0.3, -0.25) is 9.59 Å². The summed E-state index contributed by atoms with van der Waals surface area (Å²) in [5.74, 6) is -0.320. The molecule has 6 heteroatoms. The Balaban J connectivity index is 2.24. The summed E-state index contributed by atoms with van der Waals surface area (Å²) < 4.78 is 0. The number of hydrogen-bond donors (Lipinski definition) is 1. The molecule has 0 saturated heterocycles. The molecule has 5 nitrogen and oxygen atoms in total. The molecular formula is C21H29N3O2S. The van der Waals surface area contributed by atoms with Crippen molar-refractivity contribution in [3.63, 3.8) is 0 Å². The largest absolute Gasteiger partial charge is 0.326 e. The van der Waals surface area contributed by atoms with Crippen LogP contribution >= 0.6 is 11.3 Å². The smallest absolute Gasteiger partial charge is 0.266 e. The van der Waals surface area contributed by atoms with Crippen LogP contribution in [0.5, 0.6) is 0 Å². The molecule has 146 valence electrons. The van der Waals surface area contributed by atoms with Gasteiger partial charge in [-0.15, -0.1) is 11.3 Å². The molecule has 0 aliphatic rings. The molecule has 1 aromatic carbocycles.